The number of carbonyl (C=O) groups is 3. The normalized spacial score (nSPS) is 18.8. The van der Waals surface area contributed by atoms with E-state index in [1.807, 2.05) is 53.4 Å². The summed E-state index contributed by atoms with van der Waals surface area (Å²) < 4.78 is 0. The summed E-state index contributed by atoms with van der Waals surface area (Å²) in [5.41, 5.74) is 1.72. The van der Waals surface area contributed by atoms with E-state index in [-0.39, 0.29) is 30.2 Å². The highest BCUT2D eigenvalue weighted by atomic mass is 16.2. The Morgan fingerprint density at radius 2 is 1.52 bits per heavy atom. The molecule has 7 nitrogen and oxygen atoms in total. The second-order valence-corrected chi connectivity index (χ2v) is 8.11. The van der Waals surface area contributed by atoms with Gasteiger partial charge in [0.25, 0.3) is 0 Å². The molecule has 2 aliphatic heterocycles. The first kappa shape index (κ1) is 21.0. The Morgan fingerprint density at radius 1 is 0.806 bits per heavy atom. The number of carbonyl (C=O) groups excluding carboxylic acids is 3. The first-order valence-corrected chi connectivity index (χ1v) is 10.9. The predicted octanol–water partition coefficient (Wildman–Crippen LogP) is 1.53. The van der Waals surface area contributed by atoms with Crippen molar-refractivity contribution >= 4 is 17.7 Å². The summed E-state index contributed by atoms with van der Waals surface area (Å²) in [6, 6.07) is 14.8. The van der Waals surface area contributed by atoms with Gasteiger partial charge in [0.1, 0.15) is 6.04 Å². The van der Waals surface area contributed by atoms with Crippen LogP contribution >= 0.6 is 0 Å². The topological polar surface area (TPSA) is 73.8 Å². The maximum Gasteiger partial charge on any atom is 0.245 e. The van der Waals surface area contributed by atoms with Crippen molar-refractivity contribution in [3.05, 3.63) is 66.0 Å². The van der Waals surface area contributed by atoms with Crippen LogP contribution in [0, 0.1) is 0 Å². The SMILES string of the molecule is O=C(Cc1ccccn1)N1CCN(C(=O)C2CCCN2C(=O)Cc2ccccc2)CC1. The maximum atomic E-state index is 13.2. The number of amides is 3. The largest absolute Gasteiger partial charge is 0.339 e. The third-order valence-electron chi connectivity index (χ3n) is 6.06. The second-order valence-electron chi connectivity index (χ2n) is 8.11. The van der Waals surface area contributed by atoms with Crippen molar-refractivity contribution in [1.82, 2.24) is 19.7 Å². The third kappa shape index (κ3) is 5.10. The van der Waals surface area contributed by atoms with Crippen LogP contribution in [-0.4, -0.2) is 76.2 Å². The van der Waals surface area contributed by atoms with Crippen molar-refractivity contribution in [2.75, 3.05) is 32.7 Å². The maximum absolute atomic E-state index is 13.2. The van der Waals surface area contributed by atoms with Crippen LogP contribution < -0.4 is 0 Å². The Labute approximate surface area is 182 Å². The van der Waals surface area contributed by atoms with Crippen LogP contribution in [-0.2, 0) is 27.2 Å². The van der Waals surface area contributed by atoms with E-state index < -0.39 is 0 Å². The van der Waals surface area contributed by atoms with Crippen molar-refractivity contribution < 1.29 is 14.4 Å². The van der Waals surface area contributed by atoms with Gasteiger partial charge in [-0.05, 0) is 30.5 Å². The van der Waals surface area contributed by atoms with E-state index in [2.05, 4.69) is 4.98 Å². The molecule has 4 rings (SSSR count). The summed E-state index contributed by atoms with van der Waals surface area (Å²) in [5, 5.41) is 0. The van der Waals surface area contributed by atoms with Gasteiger partial charge >= 0.3 is 0 Å². The zero-order valence-corrected chi connectivity index (χ0v) is 17.7. The third-order valence-corrected chi connectivity index (χ3v) is 6.06. The number of hydrogen-bond acceptors (Lipinski definition) is 4. The van der Waals surface area contributed by atoms with Crippen molar-refractivity contribution in [3.63, 3.8) is 0 Å². The molecule has 3 heterocycles. The molecule has 1 unspecified atom stereocenters. The molecule has 2 fully saturated rings. The van der Waals surface area contributed by atoms with Gasteiger partial charge in [0, 0.05) is 44.6 Å². The number of hydrogen-bond donors (Lipinski definition) is 0. The molecule has 0 bridgehead atoms. The molecule has 1 atom stereocenters. The summed E-state index contributed by atoms with van der Waals surface area (Å²) in [7, 11) is 0. The van der Waals surface area contributed by atoms with Crippen molar-refractivity contribution in [2.45, 2.75) is 31.7 Å². The fourth-order valence-corrected chi connectivity index (χ4v) is 4.35. The van der Waals surface area contributed by atoms with Crippen LogP contribution in [0.4, 0.5) is 0 Å². The zero-order valence-electron chi connectivity index (χ0n) is 17.7. The van der Waals surface area contributed by atoms with Crippen molar-refractivity contribution in [3.8, 4) is 0 Å². The lowest BCUT2D eigenvalue weighted by Gasteiger charge is -2.37. The van der Waals surface area contributed by atoms with Crippen LogP contribution in [0.2, 0.25) is 0 Å². The summed E-state index contributed by atoms with van der Waals surface area (Å²) in [6.07, 6.45) is 3.84. The number of aromatic nitrogens is 1. The lowest BCUT2D eigenvalue weighted by Crippen LogP contribution is -2.55. The standard InChI is InChI=1S/C24H28N4O3/c29-22(18-20-9-4-5-11-25-20)26-13-15-27(16-14-26)24(31)21-10-6-12-28(21)23(30)17-19-7-2-1-3-8-19/h1-5,7-9,11,21H,6,10,12-18H2. The Morgan fingerprint density at radius 3 is 2.23 bits per heavy atom. The van der Waals surface area contributed by atoms with Gasteiger partial charge in [0.05, 0.1) is 12.8 Å². The number of rotatable bonds is 5. The highest BCUT2D eigenvalue weighted by molar-refractivity contribution is 5.89. The molecule has 31 heavy (non-hydrogen) atoms. The molecule has 0 aliphatic carbocycles. The number of benzene rings is 1. The smallest absolute Gasteiger partial charge is 0.245 e. The average Bonchev–Trinajstić information content (AvgIpc) is 3.30. The molecule has 1 aromatic heterocycles. The zero-order chi connectivity index (χ0) is 21.6. The van der Waals surface area contributed by atoms with Gasteiger partial charge in [0.15, 0.2) is 0 Å². The molecule has 0 radical (unpaired) electrons. The summed E-state index contributed by atoms with van der Waals surface area (Å²) in [4.78, 5) is 48.1. The van der Waals surface area contributed by atoms with Gasteiger partial charge in [-0.1, -0.05) is 36.4 Å². The minimum absolute atomic E-state index is 0.00576. The van der Waals surface area contributed by atoms with Gasteiger partial charge < -0.3 is 14.7 Å². The Balaban J connectivity index is 1.30. The molecule has 162 valence electrons. The fraction of sp³-hybridized carbons (Fsp3) is 0.417. The molecule has 3 amide bonds. The van der Waals surface area contributed by atoms with E-state index in [9.17, 15) is 14.4 Å². The molecule has 0 saturated carbocycles. The molecule has 2 saturated heterocycles. The lowest BCUT2D eigenvalue weighted by molar-refractivity contribution is -0.146. The predicted molar refractivity (Wildman–Crippen MR) is 116 cm³/mol. The van der Waals surface area contributed by atoms with Gasteiger partial charge in [-0.15, -0.1) is 0 Å². The Kier molecular flexibility index (Phi) is 6.60. The van der Waals surface area contributed by atoms with E-state index in [0.29, 0.717) is 45.6 Å². The van der Waals surface area contributed by atoms with Crippen LogP contribution in [0.1, 0.15) is 24.1 Å². The van der Waals surface area contributed by atoms with Crippen LogP contribution in [0.3, 0.4) is 0 Å². The number of pyridine rings is 1. The molecule has 7 heteroatoms. The monoisotopic (exact) mass is 420 g/mol. The molecule has 2 aromatic rings. The summed E-state index contributed by atoms with van der Waals surface area (Å²) >= 11 is 0. The van der Waals surface area contributed by atoms with E-state index in [1.165, 1.54) is 0 Å². The number of piperazine rings is 1. The lowest BCUT2D eigenvalue weighted by atomic mass is 10.1. The van der Waals surface area contributed by atoms with Crippen molar-refractivity contribution in [1.29, 1.82) is 0 Å². The Hall–Kier alpha value is -3.22. The van der Waals surface area contributed by atoms with Crippen LogP contribution in [0.25, 0.3) is 0 Å². The van der Waals surface area contributed by atoms with E-state index in [1.54, 1.807) is 16.0 Å². The molecule has 1 aromatic carbocycles. The average molecular weight is 421 g/mol. The van der Waals surface area contributed by atoms with Gasteiger partial charge in [0.2, 0.25) is 17.7 Å². The summed E-state index contributed by atoms with van der Waals surface area (Å²) in [6.45, 7) is 2.67. The molecular weight excluding hydrogens is 392 g/mol. The van der Waals surface area contributed by atoms with E-state index in [0.717, 1.165) is 17.7 Å². The second kappa shape index (κ2) is 9.73. The first-order valence-electron chi connectivity index (χ1n) is 10.9. The van der Waals surface area contributed by atoms with E-state index >= 15 is 0 Å². The first-order chi connectivity index (χ1) is 15.1. The van der Waals surface area contributed by atoms with Gasteiger partial charge in [-0.2, -0.15) is 0 Å². The minimum Gasteiger partial charge on any atom is -0.339 e. The summed E-state index contributed by atoms with van der Waals surface area (Å²) in [5.74, 6) is 0.0493. The van der Waals surface area contributed by atoms with Crippen LogP contribution in [0.15, 0.2) is 54.7 Å². The minimum atomic E-state index is -0.382. The molecule has 2 aliphatic rings. The highest BCUT2D eigenvalue weighted by Gasteiger charge is 2.37. The fourth-order valence-electron chi connectivity index (χ4n) is 4.35. The highest BCUT2D eigenvalue weighted by Crippen LogP contribution is 2.21. The molecule has 0 N–H and O–H groups in total. The Bertz CT molecular complexity index is 911. The molecule has 0 spiro atoms. The number of likely N-dealkylation sites (tertiary alicyclic amines) is 1. The molecular formula is C24H28N4O3. The van der Waals surface area contributed by atoms with Crippen molar-refractivity contribution in [2.24, 2.45) is 0 Å². The van der Waals surface area contributed by atoms with Gasteiger partial charge in [-0.25, -0.2) is 0 Å². The van der Waals surface area contributed by atoms with E-state index in [4.69, 9.17) is 0 Å². The van der Waals surface area contributed by atoms with Gasteiger partial charge in [-0.3, -0.25) is 19.4 Å². The number of nitrogens with zero attached hydrogens (tertiary/aromatic N) is 4. The quantitative estimate of drug-likeness (QED) is 0.735. The van der Waals surface area contributed by atoms with Crippen LogP contribution in [0.5, 0.6) is 0 Å².